The Morgan fingerprint density at radius 3 is 2.63 bits per heavy atom. The number of carbonyl (C=O) groups excluding carboxylic acids is 2. The highest BCUT2D eigenvalue weighted by Crippen LogP contribution is 2.31. The predicted molar refractivity (Wildman–Crippen MR) is 129 cm³/mol. The molecule has 0 saturated carbocycles. The average Bonchev–Trinajstić information content (AvgIpc) is 3.02. The molecule has 1 fully saturated rings. The first-order valence-corrected chi connectivity index (χ1v) is 11.2. The molecule has 0 atom stereocenters. The fraction of sp³-hybridized carbons (Fsp3) is 0.208. The molecule has 0 aromatic heterocycles. The Bertz CT molecular complexity index is 984. The van der Waals surface area contributed by atoms with Gasteiger partial charge in [0.15, 0.2) is 0 Å². The van der Waals surface area contributed by atoms with Crippen LogP contribution in [0.25, 0.3) is 6.08 Å². The summed E-state index contributed by atoms with van der Waals surface area (Å²) in [5.41, 5.74) is 3.03. The van der Waals surface area contributed by atoms with E-state index in [4.69, 9.17) is 12.2 Å². The van der Waals surface area contributed by atoms with Crippen molar-refractivity contribution in [1.29, 1.82) is 0 Å². The maximum atomic E-state index is 12.6. The third-order valence-corrected chi connectivity index (χ3v) is 6.06. The molecule has 1 saturated heterocycles. The Kier molecular flexibility index (Phi) is 7.99. The first-order chi connectivity index (χ1) is 14.6. The van der Waals surface area contributed by atoms with Crippen molar-refractivity contribution in [2.45, 2.75) is 26.2 Å². The summed E-state index contributed by atoms with van der Waals surface area (Å²) in [5, 5.41) is 2.96. The number of aryl methyl sites for hydroxylation is 1. The Hall–Kier alpha value is -2.70. The minimum absolute atomic E-state index is 0.0531. The van der Waals surface area contributed by atoms with Gasteiger partial charge in [0.25, 0.3) is 5.91 Å². The van der Waals surface area contributed by atoms with Crippen molar-refractivity contribution < 1.29 is 9.59 Å². The summed E-state index contributed by atoms with van der Waals surface area (Å²) in [6.07, 6.45) is 7.35. The molecule has 1 aliphatic rings. The van der Waals surface area contributed by atoms with Crippen molar-refractivity contribution in [2.24, 2.45) is 0 Å². The molecule has 2 aromatic carbocycles. The smallest absolute Gasteiger partial charge is 0.266 e. The number of rotatable bonds is 8. The molecule has 6 heteroatoms. The Labute approximate surface area is 187 Å². The summed E-state index contributed by atoms with van der Waals surface area (Å²) < 4.78 is 0.538. The number of amides is 2. The van der Waals surface area contributed by atoms with E-state index >= 15 is 0 Å². The van der Waals surface area contributed by atoms with Gasteiger partial charge >= 0.3 is 0 Å². The summed E-state index contributed by atoms with van der Waals surface area (Å²) in [4.78, 5) is 27.1. The highest BCUT2D eigenvalue weighted by molar-refractivity contribution is 8.26. The van der Waals surface area contributed by atoms with Crippen molar-refractivity contribution in [3.63, 3.8) is 0 Å². The van der Waals surface area contributed by atoms with Gasteiger partial charge < -0.3 is 5.32 Å². The molecule has 0 radical (unpaired) electrons. The minimum Gasteiger partial charge on any atom is -0.326 e. The Balaban J connectivity index is 1.50. The number of para-hydroxylation sites is 1. The van der Waals surface area contributed by atoms with Crippen LogP contribution < -0.4 is 5.32 Å². The van der Waals surface area contributed by atoms with E-state index in [-0.39, 0.29) is 11.8 Å². The quantitative estimate of drug-likeness (QED) is 0.443. The largest absolute Gasteiger partial charge is 0.326 e. The van der Waals surface area contributed by atoms with Crippen molar-refractivity contribution in [2.75, 3.05) is 11.9 Å². The average molecular weight is 437 g/mol. The topological polar surface area (TPSA) is 49.4 Å². The SMILES string of the molecule is CCc1ccccc1NC(=O)CCCN1C(=O)/C(=C/C=C/c2ccccc2)SC1=S. The van der Waals surface area contributed by atoms with Crippen LogP contribution in [0.1, 0.15) is 30.9 Å². The first-order valence-electron chi connectivity index (χ1n) is 9.93. The van der Waals surface area contributed by atoms with E-state index in [1.165, 1.54) is 11.8 Å². The zero-order chi connectivity index (χ0) is 21.3. The van der Waals surface area contributed by atoms with Crippen LogP contribution in [0, 0.1) is 0 Å². The maximum Gasteiger partial charge on any atom is 0.266 e. The molecule has 0 aliphatic carbocycles. The van der Waals surface area contributed by atoms with Crippen LogP contribution in [0.5, 0.6) is 0 Å². The van der Waals surface area contributed by atoms with Crippen molar-refractivity contribution in [3.8, 4) is 0 Å². The number of thioether (sulfide) groups is 1. The van der Waals surface area contributed by atoms with Gasteiger partial charge in [-0.15, -0.1) is 0 Å². The second kappa shape index (κ2) is 10.9. The van der Waals surface area contributed by atoms with Crippen LogP contribution in [-0.2, 0) is 16.0 Å². The van der Waals surface area contributed by atoms with Crippen LogP contribution in [-0.4, -0.2) is 27.6 Å². The number of carbonyl (C=O) groups is 2. The van der Waals surface area contributed by atoms with E-state index in [1.54, 1.807) is 11.0 Å². The van der Waals surface area contributed by atoms with E-state index in [9.17, 15) is 9.59 Å². The number of thiocarbonyl (C=S) groups is 1. The van der Waals surface area contributed by atoms with Crippen molar-refractivity contribution in [3.05, 3.63) is 82.8 Å². The third-order valence-electron chi connectivity index (χ3n) is 4.67. The van der Waals surface area contributed by atoms with Crippen LogP contribution in [0.3, 0.4) is 0 Å². The highest BCUT2D eigenvalue weighted by Gasteiger charge is 2.31. The second-order valence-electron chi connectivity index (χ2n) is 6.79. The molecular weight excluding hydrogens is 412 g/mol. The van der Waals surface area contributed by atoms with Gasteiger partial charge in [0.2, 0.25) is 5.91 Å². The third kappa shape index (κ3) is 5.90. The highest BCUT2D eigenvalue weighted by atomic mass is 32.2. The van der Waals surface area contributed by atoms with Gasteiger partial charge in [-0.25, -0.2) is 0 Å². The number of hydrogen-bond donors (Lipinski definition) is 1. The van der Waals surface area contributed by atoms with Gasteiger partial charge in [-0.1, -0.05) is 91.6 Å². The first kappa shape index (κ1) is 22.0. The molecule has 1 N–H and O–H groups in total. The zero-order valence-electron chi connectivity index (χ0n) is 16.8. The molecule has 4 nitrogen and oxygen atoms in total. The minimum atomic E-state index is -0.0977. The fourth-order valence-electron chi connectivity index (χ4n) is 3.08. The van der Waals surface area contributed by atoms with E-state index in [1.807, 2.05) is 66.7 Å². The van der Waals surface area contributed by atoms with Crippen molar-refractivity contribution >= 4 is 51.9 Å². The fourth-order valence-corrected chi connectivity index (χ4v) is 4.34. The lowest BCUT2D eigenvalue weighted by atomic mass is 10.1. The lowest BCUT2D eigenvalue weighted by Crippen LogP contribution is -2.29. The van der Waals surface area contributed by atoms with Crippen LogP contribution in [0.15, 0.2) is 71.7 Å². The van der Waals surface area contributed by atoms with Gasteiger partial charge in [0.05, 0.1) is 4.91 Å². The van der Waals surface area contributed by atoms with Gasteiger partial charge in [-0.3, -0.25) is 14.5 Å². The molecule has 1 aliphatic heterocycles. The van der Waals surface area contributed by atoms with E-state index in [0.717, 1.165) is 23.2 Å². The molecule has 1 heterocycles. The van der Waals surface area contributed by atoms with Gasteiger partial charge in [-0.2, -0.15) is 0 Å². The van der Waals surface area contributed by atoms with Gasteiger partial charge in [0, 0.05) is 18.7 Å². The van der Waals surface area contributed by atoms with E-state index in [2.05, 4.69) is 12.2 Å². The number of anilines is 1. The number of nitrogens with one attached hydrogen (secondary N) is 1. The lowest BCUT2D eigenvalue weighted by molar-refractivity contribution is -0.122. The number of allylic oxidation sites excluding steroid dienone is 2. The van der Waals surface area contributed by atoms with Crippen molar-refractivity contribution in [1.82, 2.24) is 4.90 Å². The second-order valence-corrected chi connectivity index (χ2v) is 8.46. The summed E-state index contributed by atoms with van der Waals surface area (Å²) >= 11 is 6.66. The molecule has 0 bridgehead atoms. The van der Waals surface area contributed by atoms with Crippen LogP contribution in [0.2, 0.25) is 0 Å². The van der Waals surface area contributed by atoms with Crippen LogP contribution >= 0.6 is 24.0 Å². The molecule has 30 heavy (non-hydrogen) atoms. The monoisotopic (exact) mass is 436 g/mol. The van der Waals surface area contributed by atoms with Gasteiger partial charge in [0.1, 0.15) is 4.32 Å². The maximum absolute atomic E-state index is 12.6. The number of nitrogens with zero attached hydrogens (tertiary/aromatic N) is 1. The summed E-state index contributed by atoms with van der Waals surface area (Å²) in [6.45, 7) is 2.50. The molecular formula is C24H24N2O2S2. The molecule has 0 spiro atoms. The van der Waals surface area contributed by atoms with Crippen LogP contribution in [0.4, 0.5) is 5.69 Å². The van der Waals surface area contributed by atoms with E-state index < -0.39 is 0 Å². The van der Waals surface area contributed by atoms with Gasteiger partial charge in [-0.05, 0) is 36.1 Å². The molecule has 0 unspecified atom stereocenters. The summed E-state index contributed by atoms with van der Waals surface area (Å²) in [6, 6.07) is 17.7. The number of hydrogen-bond acceptors (Lipinski definition) is 4. The molecule has 3 rings (SSSR count). The van der Waals surface area contributed by atoms with E-state index in [0.29, 0.717) is 28.6 Å². The zero-order valence-corrected chi connectivity index (χ0v) is 18.5. The summed E-state index contributed by atoms with van der Waals surface area (Å²) in [5.74, 6) is -0.151. The predicted octanol–water partition coefficient (Wildman–Crippen LogP) is 5.43. The lowest BCUT2D eigenvalue weighted by Gasteiger charge is -2.14. The molecule has 154 valence electrons. The normalized spacial score (nSPS) is 15.4. The summed E-state index contributed by atoms with van der Waals surface area (Å²) in [7, 11) is 0. The standard InChI is InChI=1S/C24H24N2O2S2/c1-2-19-13-6-7-14-20(19)25-22(27)16-9-17-26-23(28)21(30-24(26)29)15-8-12-18-10-4-3-5-11-18/h3-8,10-15H,2,9,16-17H2,1H3,(H,25,27)/b12-8+,21-15-. The molecule has 2 aromatic rings. The Morgan fingerprint density at radius 1 is 1.13 bits per heavy atom. The molecule has 2 amide bonds. The Morgan fingerprint density at radius 2 is 1.87 bits per heavy atom. The number of benzene rings is 2.